The molecule has 0 aliphatic heterocycles. The molecule has 0 aliphatic rings. The van der Waals surface area contributed by atoms with Crippen LogP contribution in [0.2, 0.25) is 0 Å². The SMILES string of the molecule is COCCCn1c(CO)cnc1SCc1cccc(C)c1. The monoisotopic (exact) mass is 306 g/mol. The highest BCUT2D eigenvalue weighted by molar-refractivity contribution is 7.98. The summed E-state index contributed by atoms with van der Waals surface area (Å²) in [7, 11) is 1.70. The van der Waals surface area contributed by atoms with Crippen molar-refractivity contribution in [2.45, 2.75) is 37.4 Å². The second kappa shape index (κ2) is 8.22. The fraction of sp³-hybridized carbons (Fsp3) is 0.438. The van der Waals surface area contributed by atoms with Gasteiger partial charge in [0.15, 0.2) is 5.16 Å². The van der Waals surface area contributed by atoms with E-state index in [4.69, 9.17) is 4.74 Å². The molecule has 0 saturated carbocycles. The Morgan fingerprint density at radius 3 is 2.95 bits per heavy atom. The first-order valence-corrected chi connectivity index (χ1v) is 8.05. The molecule has 0 radical (unpaired) electrons. The van der Waals surface area contributed by atoms with Crippen LogP contribution in [0.4, 0.5) is 0 Å². The highest BCUT2D eigenvalue weighted by Crippen LogP contribution is 2.23. The first-order valence-electron chi connectivity index (χ1n) is 7.07. The van der Waals surface area contributed by atoms with Crippen molar-refractivity contribution in [3.8, 4) is 0 Å². The third kappa shape index (κ3) is 4.59. The van der Waals surface area contributed by atoms with E-state index in [1.807, 2.05) is 0 Å². The fourth-order valence-electron chi connectivity index (χ4n) is 2.19. The van der Waals surface area contributed by atoms with Crippen molar-refractivity contribution in [3.63, 3.8) is 0 Å². The summed E-state index contributed by atoms with van der Waals surface area (Å²) in [5, 5.41) is 10.4. The van der Waals surface area contributed by atoms with E-state index in [9.17, 15) is 5.11 Å². The summed E-state index contributed by atoms with van der Waals surface area (Å²) in [5.41, 5.74) is 3.42. The van der Waals surface area contributed by atoms with Crippen LogP contribution in [0.5, 0.6) is 0 Å². The number of hydrogen-bond acceptors (Lipinski definition) is 4. The van der Waals surface area contributed by atoms with Crippen LogP contribution < -0.4 is 0 Å². The Morgan fingerprint density at radius 2 is 2.24 bits per heavy atom. The number of aliphatic hydroxyl groups excluding tert-OH is 1. The molecule has 0 fully saturated rings. The van der Waals surface area contributed by atoms with Crippen LogP contribution in [0.1, 0.15) is 23.2 Å². The van der Waals surface area contributed by atoms with E-state index < -0.39 is 0 Å². The Hall–Kier alpha value is -1.30. The molecule has 1 aromatic heterocycles. The van der Waals surface area contributed by atoms with Gasteiger partial charge in [-0.2, -0.15) is 0 Å². The topological polar surface area (TPSA) is 47.3 Å². The van der Waals surface area contributed by atoms with Crippen molar-refractivity contribution in [2.24, 2.45) is 0 Å². The first-order chi connectivity index (χ1) is 10.2. The minimum Gasteiger partial charge on any atom is -0.390 e. The fourth-order valence-corrected chi connectivity index (χ4v) is 3.16. The van der Waals surface area contributed by atoms with E-state index in [1.165, 1.54) is 11.1 Å². The van der Waals surface area contributed by atoms with Gasteiger partial charge in [0.1, 0.15) is 0 Å². The summed E-state index contributed by atoms with van der Waals surface area (Å²) >= 11 is 1.70. The van der Waals surface area contributed by atoms with Gasteiger partial charge >= 0.3 is 0 Å². The second-order valence-electron chi connectivity index (χ2n) is 4.97. The number of imidazole rings is 1. The Morgan fingerprint density at radius 1 is 1.38 bits per heavy atom. The number of hydrogen-bond donors (Lipinski definition) is 1. The Labute approximate surface area is 130 Å². The molecule has 0 bridgehead atoms. The van der Waals surface area contributed by atoms with Crippen molar-refractivity contribution in [2.75, 3.05) is 13.7 Å². The number of nitrogens with zero attached hydrogens (tertiary/aromatic N) is 2. The maximum absolute atomic E-state index is 9.41. The Kier molecular flexibility index (Phi) is 6.29. The van der Waals surface area contributed by atoms with Gasteiger partial charge in [-0.05, 0) is 18.9 Å². The molecule has 0 spiro atoms. The van der Waals surface area contributed by atoms with Gasteiger partial charge in [-0.15, -0.1) is 0 Å². The molecule has 0 aliphatic carbocycles. The lowest BCUT2D eigenvalue weighted by molar-refractivity contribution is 0.187. The maximum Gasteiger partial charge on any atom is 0.168 e. The van der Waals surface area contributed by atoms with Gasteiger partial charge in [0.2, 0.25) is 0 Å². The molecule has 0 atom stereocenters. The van der Waals surface area contributed by atoms with Gasteiger partial charge < -0.3 is 14.4 Å². The van der Waals surface area contributed by atoms with Crippen molar-refractivity contribution in [1.82, 2.24) is 9.55 Å². The van der Waals surface area contributed by atoms with Crippen molar-refractivity contribution in [3.05, 3.63) is 47.3 Å². The number of aromatic nitrogens is 2. The molecule has 1 heterocycles. The highest BCUT2D eigenvalue weighted by Gasteiger charge is 2.10. The van der Waals surface area contributed by atoms with Crippen molar-refractivity contribution >= 4 is 11.8 Å². The third-order valence-corrected chi connectivity index (χ3v) is 4.31. The van der Waals surface area contributed by atoms with Gasteiger partial charge in [0.05, 0.1) is 18.5 Å². The molecule has 0 unspecified atom stereocenters. The maximum atomic E-state index is 9.41. The Balaban J connectivity index is 2.03. The number of ether oxygens (including phenoxy) is 1. The number of rotatable bonds is 8. The van der Waals surface area contributed by atoms with Crippen LogP contribution in [0.25, 0.3) is 0 Å². The highest BCUT2D eigenvalue weighted by atomic mass is 32.2. The predicted molar refractivity (Wildman–Crippen MR) is 85.4 cm³/mol. The lowest BCUT2D eigenvalue weighted by Gasteiger charge is -2.10. The minimum atomic E-state index is 0.0188. The molecule has 1 aromatic carbocycles. The summed E-state index contributed by atoms with van der Waals surface area (Å²) in [4.78, 5) is 4.43. The molecule has 4 nitrogen and oxygen atoms in total. The molecular formula is C16H22N2O2S. The number of aliphatic hydroxyl groups is 1. The third-order valence-electron chi connectivity index (χ3n) is 3.24. The normalized spacial score (nSPS) is 11.0. The molecule has 2 aromatic rings. The molecule has 2 rings (SSSR count). The molecule has 114 valence electrons. The van der Waals surface area contributed by atoms with E-state index >= 15 is 0 Å². The standard InChI is InChI=1S/C16H22N2O2S/c1-13-5-3-6-14(9-13)12-21-16-17-10-15(11-19)18(16)7-4-8-20-2/h3,5-6,9-10,19H,4,7-8,11-12H2,1-2H3. The number of aryl methyl sites for hydroxylation is 1. The van der Waals surface area contributed by atoms with Crippen molar-refractivity contribution in [1.29, 1.82) is 0 Å². The van der Waals surface area contributed by atoms with Crippen LogP contribution in [0.3, 0.4) is 0 Å². The summed E-state index contributed by atoms with van der Waals surface area (Å²) in [6.45, 7) is 3.65. The van der Waals surface area contributed by atoms with E-state index in [2.05, 4.69) is 40.7 Å². The van der Waals surface area contributed by atoms with Crippen LogP contribution >= 0.6 is 11.8 Å². The molecule has 1 N–H and O–H groups in total. The first kappa shape index (κ1) is 16.1. The van der Waals surface area contributed by atoms with E-state index in [0.29, 0.717) is 6.61 Å². The lowest BCUT2D eigenvalue weighted by atomic mass is 10.2. The number of benzene rings is 1. The molecule has 0 saturated heterocycles. The lowest BCUT2D eigenvalue weighted by Crippen LogP contribution is -2.07. The predicted octanol–water partition coefficient (Wildman–Crippen LogP) is 3.01. The summed E-state index contributed by atoms with van der Waals surface area (Å²) in [6, 6.07) is 8.50. The van der Waals surface area contributed by atoms with Crippen LogP contribution in [-0.4, -0.2) is 28.4 Å². The Bertz CT molecular complexity index is 569. The van der Waals surface area contributed by atoms with E-state index in [1.54, 1.807) is 25.1 Å². The molecule has 21 heavy (non-hydrogen) atoms. The van der Waals surface area contributed by atoms with Crippen LogP contribution in [0.15, 0.2) is 35.6 Å². The van der Waals surface area contributed by atoms with E-state index in [-0.39, 0.29) is 6.61 Å². The van der Waals surface area contributed by atoms with Gasteiger partial charge in [-0.25, -0.2) is 4.98 Å². The van der Waals surface area contributed by atoms with Gasteiger partial charge in [-0.3, -0.25) is 0 Å². The number of thioether (sulfide) groups is 1. The summed E-state index contributed by atoms with van der Waals surface area (Å²) in [5.74, 6) is 0.883. The van der Waals surface area contributed by atoms with Gasteiger partial charge in [0.25, 0.3) is 0 Å². The smallest absolute Gasteiger partial charge is 0.168 e. The van der Waals surface area contributed by atoms with Crippen LogP contribution in [-0.2, 0) is 23.6 Å². The average molecular weight is 306 g/mol. The van der Waals surface area contributed by atoms with Gasteiger partial charge in [-0.1, -0.05) is 41.6 Å². The largest absolute Gasteiger partial charge is 0.390 e. The van der Waals surface area contributed by atoms with Crippen molar-refractivity contribution < 1.29 is 9.84 Å². The summed E-state index contributed by atoms with van der Waals surface area (Å²) < 4.78 is 7.18. The molecule has 5 heteroatoms. The van der Waals surface area contributed by atoms with Gasteiger partial charge in [0, 0.05) is 26.0 Å². The number of methoxy groups -OCH3 is 1. The zero-order valence-corrected chi connectivity index (χ0v) is 13.4. The molecule has 0 amide bonds. The quantitative estimate of drug-likeness (QED) is 0.601. The van der Waals surface area contributed by atoms with E-state index in [0.717, 1.165) is 29.6 Å². The summed E-state index contributed by atoms with van der Waals surface area (Å²) in [6.07, 6.45) is 2.67. The zero-order chi connectivity index (χ0) is 15.1. The second-order valence-corrected chi connectivity index (χ2v) is 5.91. The van der Waals surface area contributed by atoms with Crippen LogP contribution in [0, 0.1) is 6.92 Å². The minimum absolute atomic E-state index is 0.0188. The zero-order valence-electron chi connectivity index (χ0n) is 12.6. The average Bonchev–Trinajstić information content (AvgIpc) is 2.88. The molecular weight excluding hydrogens is 284 g/mol.